The second-order valence-electron chi connectivity index (χ2n) is 10.00. The molecule has 0 atom stereocenters. The van der Waals surface area contributed by atoms with Crippen LogP contribution in [-0.2, 0) is 40.1 Å². The Hall–Kier alpha value is -4.18. The number of hydrogen-bond donors (Lipinski definition) is 2. The van der Waals surface area contributed by atoms with Crippen LogP contribution in [0.5, 0.6) is 0 Å². The van der Waals surface area contributed by atoms with Crippen molar-refractivity contribution in [2.45, 2.75) is 37.4 Å². The van der Waals surface area contributed by atoms with E-state index >= 15 is 0 Å². The van der Waals surface area contributed by atoms with E-state index in [1.165, 1.54) is 23.2 Å². The molecule has 3 aromatic rings. The van der Waals surface area contributed by atoms with Gasteiger partial charge in [-0.1, -0.05) is 11.8 Å². The number of nitrogens with one attached hydrogen (secondary N) is 2. The number of sulfone groups is 1. The van der Waals surface area contributed by atoms with Crippen LogP contribution in [0.2, 0.25) is 0 Å². The van der Waals surface area contributed by atoms with Gasteiger partial charge in [0, 0.05) is 56.2 Å². The molecule has 204 valence electrons. The topological polar surface area (TPSA) is 149 Å². The molecule has 0 aliphatic heterocycles. The van der Waals surface area contributed by atoms with E-state index in [1.807, 2.05) is 0 Å². The number of aromatic nitrogens is 4. The first-order valence-electron chi connectivity index (χ1n) is 12.5. The third-order valence-corrected chi connectivity index (χ3v) is 7.73. The minimum Gasteiger partial charge on any atom is -0.326 e. The van der Waals surface area contributed by atoms with Gasteiger partial charge in [-0.05, 0) is 43.9 Å². The quantitative estimate of drug-likeness (QED) is 0.432. The molecular weight excluding hydrogens is 522 g/mol. The maximum absolute atomic E-state index is 13.0. The third kappa shape index (κ3) is 5.37. The minimum absolute atomic E-state index is 0.0131. The maximum atomic E-state index is 13.0. The van der Waals surface area contributed by atoms with E-state index in [0.717, 1.165) is 31.9 Å². The summed E-state index contributed by atoms with van der Waals surface area (Å²) in [5.41, 5.74) is 1.73. The van der Waals surface area contributed by atoms with Gasteiger partial charge in [0.15, 0.2) is 11.2 Å². The summed E-state index contributed by atoms with van der Waals surface area (Å²) in [6, 6.07) is 5.18. The van der Waals surface area contributed by atoms with Crippen molar-refractivity contribution >= 4 is 44.2 Å². The average molecular weight is 552 g/mol. The number of carbonyl (C=O) groups is 2. The highest BCUT2D eigenvalue weighted by Gasteiger charge is 2.31. The van der Waals surface area contributed by atoms with Crippen molar-refractivity contribution in [2.24, 2.45) is 30.9 Å². The van der Waals surface area contributed by atoms with Crippen molar-refractivity contribution in [2.75, 3.05) is 23.9 Å². The van der Waals surface area contributed by atoms with Crippen LogP contribution in [-0.4, -0.2) is 52.2 Å². The summed E-state index contributed by atoms with van der Waals surface area (Å²) in [5.74, 6) is 6.00. The van der Waals surface area contributed by atoms with E-state index < -0.39 is 15.4 Å². The van der Waals surface area contributed by atoms with Crippen LogP contribution < -0.4 is 21.8 Å². The molecule has 0 spiro atoms. The molecule has 0 radical (unpaired) electrons. The van der Waals surface area contributed by atoms with E-state index in [0.29, 0.717) is 16.9 Å². The van der Waals surface area contributed by atoms with Crippen molar-refractivity contribution in [3.8, 4) is 11.8 Å². The summed E-state index contributed by atoms with van der Waals surface area (Å²) in [6.07, 6.45) is 4.48. The minimum atomic E-state index is -3.70. The lowest BCUT2D eigenvalue weighted by Crippen LogP contribution is -2.39. The molecule has 2 saturated carbocycles. The molecule has 0 saturated heterocycles. The highest BCUT2D eigenvalue weighted by molar-refractivity contribution is 7.90. The largest absolute Gasteiger partial charge is 0.326 e. The molecule has 2 aliphatic carbocycles. The lowest BCUT2D eigenvalue weighted by molar-refractivity contribution is -0.118. The highest BCUT2D eigenvalue weighted by atomic mass is 32.2. The monoisotopic (exact) mass is 551 g/mol. The fourth-order valence-electron chi connectivity index (χ4n) is 4.41. The van der Waals surface area contributed by atoms with Crippen LogP contribution in [0.1, 0.15) is 31.2 Å². The first-order valence-corrected chi connectivity index (χ1v) is 14.4. The molecule has 39 heavy (non-hydrogen) atoms. The van der Waals surface area contributed by atoms with Gasteiger partial charge in [-0.25, -0.2) is 8.42 Å². The van der Waals surface area contributed by atoms with E-state index in [2.05, 4.69) is 32.5 Å². The van der Waals surface area contributed by atoms with Crippen LogP contribution >= 0.6 is 0 Å². The smallest absolute Gasteiger partial charge is 0.280 e. The third-order valence-electron chi connectivity index (χ3n) is 6.71. The van der Waals surface area contributed by atoms with E-state index in [-0.39, 0.29) is 52.1 Å². The van der Waals surface area contributed by atoms with E-state index in [4.69, 9.17) is 0 Å². The number of rotatable bonds is 6. The fourth-order valence-corrected chi connectivity index (χ4v) is 5.25. The van der Waals surface area contributed by atoms with Gasteiger partial charge in [0.2, 0.25) is 32.4 Å². The van der Waals surface area contributed by atoms with Crippen molar-refractivity contribution in [3.63, 3.8) is 0 Å². The molecule has 2 N–H and O–H groups in total. The molecule has 12 nitrogen and oxygen atoms in total. The number of fused-ring (bicyclic) bond motifs is 1. The van der Waals surface area contributed by atoms with Crippen LogP contribution in [0.4, 0.5) is 11.4 Å². The van der Waals surface area contributed by atoms with Crippen molar-refractivity contribution < 1.29 is 18.0 Å². The summed E-state index contributed by atoms with van der Waals surface area (Å²) in [7, 11) is 0.837. The Morgan fingerprint density at radius 1 is 1.03 bits per heavy atom. The van der Waals surface area contributed by atoms with Crippen LogP contribution in [0.3, 0.4) is 0 Å². The van der Waals surface area contributed by atoms with Crippen molar-refractivity contribution in [1.29, 1.82) is 0 Å². The van der Waals surface area contributed by atoms with Gasteiger partial charge in [-0.15, -0.1) is 0 Å². The molecule has 0 unspecified atom stereocenters. The Kier molecular flexibility index (Phi) is 6.67. The predicted octanol–water partition coefficient (Wildman–Crippen LogP) is 0.756. The standard InChI is InChI=1S/C26H29N7O5S/c1-27-25-32(3)24(36)20-21(30-26(31(20)2)39(4,37)38)33(25)11-5-6-15-12-18(28-22(34)16-7-8-16)14-19(13-15)29-23(35)17-9-10-17/h12-14,16-17H,7-11H2,1-4H3,(H,28,34)(H,29,35)/b27-25-. The lowest BCUT2D eigenvalue weighted by Gasteiger charge is -2.10. The molecule has 2 aliphatic rings. The normalized spacial score (nSPS) is 15.6. The molecule has 1 aromatic carbocycles. The van der Waals surface area contributed by atoms with Crippen molar-refractivity contribution in [3.05, 3.63) is 39.7 Å². The van der Waals surface area contributed by atoms with Crippen LogP contribution in [0.25, 0.3) is 11.2 Å². The SMILES string of the molecule is C/N=c1/n(C)c(=O)c2c(nc(S(C)(=O)=O)n2C)n1CC#Cc1cc(NC(=O)C2CC2)cc(NC(=O)C2CC2)c1. The van der Waals surface area contributed by atoms with Gasteiger partial charge in [-0.3, -0.25) is 28.5 Å². The number of benzene rings is 1. The number of hydrogen-bond acceptors (Lipinski definition) is 7. The molecule has 2 aromatic heterocycles. The van der Waals surface area contributed by atoms with Crippen LogP contribution in [0.15, 0.2) is 33.1 Å². The molecule has 2 amide bonds. The predicted molar refractivity (Wildman–Crippen MR) is 145 cm³/mol. The van der Waals surface area contributed by atoms with Gasteiger partial charge in [0.1, 0.15) is 0 Å². The first kappa shape index (κ1) is 26.4. The summed E-state index contributed by atoms with van der Waals surface area (Å²) < 4.78 is 28.7. The van der Waals surface area contributed by atoms with Gasteiger partial charge in [-0.2, -0.15) is 4.98 Å². The molecule has 0 bridgehead atoms. The molecule has 5 rings (SSSR count). The summed E-state index contributed by atoms with van der Waals surface area (Å²) in [4.78, 5) is 46.2. The molecule has 13 heteroatoms. The number of carbonyl (C=O) groups excluding carboxylic acids is 2. The molecule has 2 fully saturated rings. The van der Waals surface area contributed by atoms with E-state index in [1.54, 1.807) is 29.8 Å². The second kappa shape index (κ2) is 9.85. The zero-order valence-corrected chi connectivity index (χ0v) is 22.9. The Balaban J connectivity index is 1.54. The number of imidazole rings is 1. The number of aryl methyl sites for hydroxylation is 1. The Bertz CT molecular complexity index is 1780. The Labute approximate surface area is 224 Å². The van der Waals surface area contributed by atoms with Gasteiger partial charge in [0.05, 0.1) is 6.54 Å². The van der Waals surface area contributed by atoms with Crippen molar-refractivity contribution in [1.82, 2.24) is 18.7 Å². The Morgan fingerprint density at radius 2 is 1.59 bits per heavy atom. The van der Waals surface area contributed by atoms with Gasteiger partial charge >= 0.3 is 0 Å². The van der Waals surface area contributed by atoms with Gasteiger partial charge in [0.25, 0.3) is 5.56 Å². The molecule has 2 heterocycles. The summed E-state index contributed by atoms with van der Waals surface area (Å²) >= 11 is 0. The van der Waals surface area contributed by atoms with Crippen LogP contribution in [0, 0.1) is 23.7 Å². The number of amides is 2. The summed E-state index contributed by atoms with van der Waals surface area (Å²) in [6.45, 7) is 0.0416. The average Bonchev–Trinajstić information content (AvgIpc) is 3.78. The fraction of sp³-hybridized carbons (Fsp3) is 0.423. The highest BCUT2D eigenvalue weighted by Crippen LogP contribution is 2.32. The summed E-state index contributed by atoms with van der Waals surface area (Å²) in [5, 5.41) is 5.57. The Morgan fingerprint density at radius 3 is 2.08 bits per heavy atom. The zero-order chi connectivity index (χ0) is 28.1. The number of nitrogens with zero attached hydrogens (tertiary/aromatic N) is 5. The number of anilines is 2. The maximum Gasteiger partial charge on any atom is 0.280 e. The zero-order valence-electron chi connectivity index (χ0n) is 22.1. The van der Waals surface area contributed by atoms with Gasteiger partial charge < -0.3 is 15.2 Å². The molecular formula is C26H29N7O5S. The van der Waals surface area contributed by atoms with E-state index in [9.17, 15) is 22.8 Å². The lowest BCUT2D eigenvalue weighted by atomic mass is 10.1. The second-order valence-corrected chi connectivity index (χ2v) is 11.9. The first-order chi connectivity index (χ1) is 18.5.